The fraction of sp³-hybridized carbons (Fsp3) is 0.368. The maximum Gasteiger partial charge on any atom is 0.225 e. The van der Waals surface area contributed by atoms with Gasteiger partial charge in [-0.3, -0.25) is 4.90 Å². The van der Waals surface area contributed by atoms with Crippen LogP contribution in [0.5, 0.6) is 0 Å². The molecule has 2 aromatic heterocycles. The van der Waals surface area contributed by atoms with Crippen LogP contribution >= 0.6 is 23.6 Å². The summed E-state index contributed by atoms with van der Waals surface area (Å²) in [4.78, 5) is 13.2. The van der Waals surface area contributed by atoms with Crippen LogP contribution in [0.3, 0.4) is 0 Å². The average Bonchev–Trinajstić information content (AvgIpc) is 3.05. The molecule has 1 N–H and O–H groups in total. The number of nitrogens with one attached hydrogen (secondary N) is 1. The van der Waals surface area contributed by atoms with Crippen molar-refractivity contribution >= 4 is 40.3 Å². The van der Waals surface area contributed by atoms with Gasteiger partial charge in [0, 0.05) is 44.3 Å². The molecule has 0 spiro atoms. The molecule has 28 heavy (non-hydrogen) atoms. The van der Waals surface area contributed by atoms with Crippen LogP contribution in [0.25, 0.3) is 0 Å². The van der Waals surface area contributed by atoms with Gasteiger partial charge in [-0.25, -0.2) is 14.6 Å². The molecule has 0 bridgehead atoms. The van der Waals surface area contributed by atoms with Gasteiger partial charge in [-0.05, 0) is 55.4 Å². The van der Waals surface area contributed by atoms with E-state index in [1.807, 2.05) is 10.7 Å². The minimum Gasteiger partial charge on any atom is -0.338 e. The van der Waals surface area contributed by atoms with E-state index in [4.69, 9.17) is 12.2 Å². The van der Waals surface area contributed by atoms with Crippen LogP contribution < -0.4 is 10.2 Å². The molecule has 1 saturated heterocycles. The van der Waals surface area contributed by atoms with E-state index < -0.39 is 0 Å². The van der Waals surface area contributed by atoms with Crippen LogP contribution in [0, 0.1) is 17.8 Å². The number of nitrogens with zero attached hydrogens (tertiary/aromatic N) is 6. The standard InChI is InChI=1S/C19H23N7S2/c1-14-4-5-16(12-15(14)2)22-18-23-26(19(27)28-18)13-24-8-10-25(11-9-24)17-20-6-3-7-21-17/h3-7,12H,8-11,13H2,1-2H3,(H,22,23). The number of anilines is 3. The van der Waals surface area contributed by atoms with Gasteiger partial charge in [0.05, 0.1) is 6.67 Å². The molecule has 0 unspecified atom stereocenters. The highest BCUT2D eigenvalue weighted by atomic mass is 32.1. The van der Waals surface area contributed by atoms with Crippen LogP contribution in [0.2, 0.25) is 0 Å². The second-order valence-electron chi connectivity index (χ2n) is 6.89. The van der Waals surface area contributed by atoms with E-state index in [-0.39, 0.29) is 0 Å². The van der Waals surface area contributed by atoms with Crippen molar-refractivity contribution in [1.82, 2.24) is 24.6 Å². The van der Waals surface area contributed by atoms with Crippen molar-refractivity contribution in [3.63, 3.8) is 0 Å². The Morgan fingerprint density at radius 1 is 1.07 bits per heavy atom. The van der Waals surface area contributed by atoms with E-state index >= 15 is 0 Å². The van der Waals surface area contributed by atoms with Crippen LogP contribution in [0.4, 0.5) is 16.8 Å². The zero-order chi connectivity index (χ0) is 19.5. The smallest absolute Gasteiger partial charge is 0.225 e. The number of aromatic nitrogens is 4. The monoisotopic (exact) mass is 413 g/mol. The molecule has 3 heterocycles. The Hall–Kier alpha value is -2.36. The second kappa shape index (κ2) is 8.34. The largest absolute Gasteiger partial charge is 0.338 e. The first kappa shape index (κ1) is 19.0. The summed E-state index contributed by atoms with van der Waals surface area (Å²) >= 11 is 7.03. The molecule has 9 heteroatoms. The molecule has 1 fully saturated rings. The molecule has 4 rings (SSSR count). The predicted octanol–water partition coefficient (Wildman–Crippen LogP) is 3.60. The third-order valence-electron chi connectivity index (χ3n) is 4.91. The first-order valence-electron chi connectivity index (χ1n) is 9.25. The lowest BCUT2D eigenvalue weighted by molar-refractivity contribution is 0.194. The first-order chi connectivity index (χ1) is 13.6. The van der Waals surface area contributed by atoms with Crippen molar-refractivity contribution in [3.05, 3.63) is 51.7 Å². The van der Waals surface area contributed by atoms with E-state index in [1.54, 1.807) is 12.4 Å². The topological polar surface area (TPSA) is 62.1 Å². The van der Waals surface area contributed by atoms with Crippen molar-refractivity contribution in [2.45, 2.75) is 20.5 Å². The van der Waals surface area contributed by atoms with Crippen molar-refractivity contribution < 1.29 is 0 Å². The third kappa shape index (κ3) is 4.37. The highest BCUT2D eigenvalue weighted by Crippen LogP contribution is 2.22. The van der Waals surface area contributed by atoms with Gasteiger partial charge in [0.25, 0.3) is 0 Å². The molecule has 146 valence electrons. The molecule has 0 aliphatic carbocycles. The van der Waals surface area contributed by atoms with E-state index in [2.05, 4.69) is 62.2 Å². The lowest BCUT2D eigenvalue weighted by Gasteiger charge is -2.34. The van der Waals surface area contributed by atoms with Crippen LogP contribution in [0.1, 0.15) is 11.1 Å². The fourth-order valence-corrected chi connectivity index (χ4v) is 4.14. The Balaban J connectivity index is 1.37. The van der Waals surface area contributed by atoms with E-state index in [0.717, 1.165) is 46.9 Å². The van der Waals surface area contributed by atoms with Crippen molar-refractivity contribution in [2.24, 2.45) is 0 Å². The number of aryl methyl sites for hydroxylation is 2. The zero-order valence-electron chi connectivity index (χ0n) is 16.0. The summed E-state index contributed by atoms with van der Waals surface area (Å²) in [5.74, 6) is 0.798. The predicted molar refractivity (Wildman–Crippen MR) is 116 cm³/mol. The molecule has 1 aliphatic heterocycles. The molecule has 0 amide bonds. The zero-order valence-corrected chi connectivity index (χ0v) is 17.6. The molecular weight excluding hydrogens is 390 g/mol. The maximum atomic E-state index is 5.53. The minimum atomic E-state index is 0.702. The summed E-state index contributed by atoms with van der Waals surface area (Å²) in [6.07, 6.45) is 3.57. The van der Waals surface area contributed by atoms with E-state index in [1.165, 1.54) is 22.5 Å². The Morgan fingerprint density at radius 2 is 1.82 bits per heavy atom. The van der Waals surface area contributed by atoms with Gasteiger partial charge in [-0.1, -0.05) is 17.4 Å². The molecule has 1 aliphatic rings. The van der Waals surface area contributed by atoms with Gasteiger partial charge >= 0.3 is 0 Å². The third-order valence-corrected chi connectivity index (χ3v) is 6.13. The fourth-order valence-electron chi connectivity index (χ4n) is 3.12. The number of hydrogen-bond acceptors (Lipinski definition) is 8. The summed E-state index contributed by atoms with van der Waals surface area (Å²) < 4.78 is 2.68. The molecule has 0 radical (unpaired) electrons. The lowest BCUT2D eigenvalue weighted by atomic mass is 10.1. The summed E-state index contributed by atoms with van der Waals surface area (Å²) in [5, 5.41) is 8.87. The molecule has 1 aromatic carbocycles. The Labute approximate surface area is 173 Å². The van der Waals surface area contributed by atoms with Crippen LogP contribution in [0.15, 0.2) is 36.7 Å². The molecule has 0 atom stereocenters. The van der Waals surface area contributed by atoms with Crippen LogP contribution in [-0.4, -0.2) is 50.8 Å². The number of benzene rings is 1. The molecular formula is C19H23N7S2. The van der Waals surface area contributed by atoms with Gasteiger partial charge in [-0.15, -0.1) is 5.10 Å². The Bertz CT molecular complexity index is 991. The number of piperazine rings is 1. The normalized spacial score (nSPS) is 15.0. The Morgan fingerprint density at radius 3 is 2.54 bits per heavy atom. The molecule has 7 nitrogen and oxygen atoms in total. The summed E-state index contributed by atoms with van der Waals surface area (Å²) in [7, 11) is 0. The van der Waals surface area contributed by atoms with Gasteiger partial charge < -0.3 is 10.2 Å². The highest BCUT2D eigenvalue weighted by Gasteiger charge is 2.19. The average molecular weight is 414 g/mol. The SMILES string of the molecule is Cc1ccc(Nc2nn(CN3CCN(c4ncccn4)CC3)c(=S)s2)cc1C. The van der Waals surface area contributed by atoms with Gasteiger partial charge in [0.15, 0.2) is 3.95 Å². The Kier molecular flexibility index (Phi) is 5.65. The van der Waals surface area contributed by atoms with E-state index in [0.29, 0.717) is 6.67 Å². The number of rotatable bonds is 5. The summed E-state index contributed by atoms with van der Waals surface area (Å²) in [6.45, 7) is 8.58. The summed E-state index contributed by atoms with van der Waals surface area (Å²) in [6, 6.07) is 8.16. The first-order valence-corrected chi connectivity index (χ1v) is 10.5. The van der Waals surface area contributed by atoms with Crippen molar-refractivity contribution in [2.75, 3.05) is 36.4 Å². The van der Waals surface area contributed by atoms with Gasteiger partial charge in [-0.2, -0.15) is 0 Å². The minimum absolute atomic E-state index is 0.702. The highest BCUT2D eigenvalue weighted by molar-refractivity contribution is 7.73. The van der Waals surface area contributed by atoms with Crippen molar-refractivity contribution in [1.29, 1.82) is 0 Å². The quantitative estimate of drug-likeness (QED) is 0.641. The number of hydrogen-bond donors (Lipinski definition) is 1. The van der Waals surface area contributed by atoms with Crippen LogP contribution in [-0.2, 0) is 6.67 Å². The summed E-state index contributed by atoms with van der Waals surface area (Å²) in [5.41, 5.74) is 3.58. The van der Waals surface area contributed by atoms with Gasteiger partial charge in [0.1, 0.15) is 0 Å². The maximum absolute atomic E-state index is 5.53. The molecule has 0 saturated carbocycles. The van der Waals surface area contributed by atoms with E-state index in [9.17, 15) is 0 Å². The second-order valence-corrected chi connectivity index (χ2v) is 8.51. The van der Waals surface area contributed by atoms with Gasteiger partial charge in [0.2, 0.25) is 11.1 Å². The lowest BCUT2D eigenvalue weighted by Crippen LogP contribution is -2.47. The molecule has 3 aromatic rings. The van der Waals surface area contributed by atoms with Crippen molar-refractivity contribution in [3.8, 4) is 0 Å².